The molecule has 0 aliphatic heterocycles. The highest BCUT2D eigenvalue weighted by Crippen LogP contribution is 2.27. The molecule has 1 unspecified atom stereocenters. The van der Waals surface area contributed by atoms with E-state index in [9.17, 15) is 5.11 Å². The molecule has 1 atom stereocenters. The highest BCUT2D eigenvalue weighted by atomic mass is 16.5. The molecule has 0 amide bonds. The van der Waals surface area contributed by atoms with Crippen LogP contribution in [-0.4, -0.2) is 57.2 Å². The molecule has 2 rings (SSSR count). The Morgan fingerprint density at radius 1 is 1.04 bits per heavy atom. The summed E-state index contributed by atoms with van der Waals surface area (Å²) in [5.41, 5.74) is 1.12. The van der Waals surface area contributed by atoms with Gasteiger partial charge in [-0.3, -0.25) is 0 Å². The van der Waals surface area contributed by atoms with Crippen molar-refractivity contribution in [2.75, 3.05) is 41.0 Å². The van der Waals surface area contributed by atoms with Gasteiger partial charge >= 0.3 is 0 Å². The quantitative estimate of drug-likeness (QED) is 0.589. The number of nitrogens with one attached hydrogen (secondary N) is 1. The van der Waals surface area contributed by atoms with Crippen LogP contribution in [0.2, 0.25) is 0 Å². The van der Waals surface area contributed by atoms with Gasteiger partial charge in [0.2, 0.25) is 0 Å². The Balaban J connectivity index is 1.71. The van der Waals surface area contributed by atoms with Gasteiger partial charge in [-0.1, -0.05) is 6.07 Å². The topological polar surface area (TPSA) is 82.1 Å². The van der Waals surface area contributed by atoms with Gasteiger partial charge in [-0.25, -0.2) is 4.98 Å². The first-order chi connectivity index (χ1) is 12.7. The lowest BCUT2D eigenvalue weighted by molar-refractivity contribution is 0.102. The Morgan fingerprint density at radius 3 is 2.54 bits per heavy atom. The van der Waals surface area contributed by atoms with Crippen LogP contribution in [0.3, 0.4) is 0 Å². The molecule has 0 radical (unpaired) electrons. The van der Waals surface area contributed by atoms with E-state index in [-0.39, 0.29) is 6.61 Å². The second-order valence-electron chi connectivity index (χ2n) is 5.62. The zero-order valence-corrected chi connectivity index (χ0v) is 15.4. The molecule has 2 aromatic rings. The Kier molecular flexibility index (Phi) is 7.98. The average molecular weight is 362 g/mol. The van der Waals surface area contributed by atoms with Crippen molar-refractivity contribution in [3.8, 4) is 23.1 Å². The number of methoxy groups -OCH3 is 3. The van der Waals surface area contributed by atoms with Crippen LogP contribution in [-0.2, 0) is 6.42 Å². The Labute approximate surface area is 153 Å². The van der Waals surface area contributed by atoms with Crippen LogP contribution in [0.5, 0.6) is 23.1 Å². The molecular weight excluding hydrogens is 336 g/mol. The lowest BCUT2D eigenvalue weighted by Crippen LogP contribution is -2.32. The van der Waals surface area contributed by atoms with E-state index < -0.39 is 6.10 Å². The first-order valence-electron chi connectivity index (χ1n) is 8.39. The molecule has 0 fully saturated rings. The van der Waals surface area contributed by atoms with E-state index in [4.69, 9.17) is 18.9 Å². The minimum Gasteiger partial charge on any atom is -0.493 e. The molecule has 7 heteroatoms. The van der Waals surface area contributed by atoms with E-state index in [1.54, 1.807) is 39.7 Å². The zero-order chi connectivity index (χ0) is 18.8. The molecule has 0 bridgehead atoms. The average Bonchev–Trinajstić information content (AvgIpc) is 2.69. The van der Waals surface area contributed by atoms with Crippen LogP contribution in [0.1, 0.15) is 5.56 Å². The highest BCUT2D eigenvalue weighted by Gasteiger charge is 2.09. The van der Waals surface area contributed by atoms with Crippen molar-refractivity contribution >= 4 is 0 Å². The smallest absolute Gasteiger partial charge is 0.257 e. The van der Waals surface area contributed by atoms with Gasteiger partial charge in [0.1, 0.15) is 12.7 Å². The van der Waals surface area contributed by atoms with Crippen molar-refractivity contribution in [3.05, 3.63) is 42.1 Å². The maximum absolute atomic E-state index is 10.0. The Bertz CT molecular complexity index is 681. The number of nitrogens with zero attached hydrogens (tertiary/aromatic N) is 1. The molecule has 0 saturated heterocycles. The maximum atomic E-state index is 10.0. The second-order valence-corrected chi connectivity index (χ2v) is 5.62. The number of rotatable bonds is 11. The van der Waals surface area contributed by atoms with Crippen molar-refractivity contribution in [2.24, 2.45) is 0 Å². The van der Waals surface area contributed by atoms with Gasteiger partial charge in [0, 0.05) is 12.7 Å². The maximum Gasteiger partial charge on any atom is 0.257 e. The minimum absolute atomic E-state index is 0.136. The third-order valence-electron chi connectivity index (χ3n) is 3.79. The van der Waals surface area contributed by atoms with Gasteiger partial charge in [-0.2, -0.15) is 0 Å². The van der Waals surface area contributed by atoms with Gasteiger partial charge in [-0.05, 0) is 42.8 Å². The molecule has 1 aromatic heterocycles. The fraction of sp³-hybridized carbons (Fsp3) is 0.421. The summed E-state index contributed by atoms with van der Waals surface area (Å²) in [6, 6.07) is 9.36. The summed E-state index contributed by atoms with van der Waals surface area (Å²) in [5.74, 6) is 2.34. The number of pyridine rings is 1. The van der Waals surface area contributed by atoms with Crippen LogP contribution in [0, 0.1) is 0 Å². The predicted molar refractivity (Wildman–Crippen MR) is 98.4 cm³/mol. The molecule has 1 aromatic carbocycles. The Morgan fingerprint density at radius 2 is 1.81 bits per heavy atom. The number of benzene rings is 1. The van der Waals surface area contributed by atoms with E-state index in [0.717, 1.165) is 18.5 Å². The van der Waals surface area contributed by atoms with Crippen LogP contribution in [0.15, 0.2) is 36.5 Å². The number of aliphatic hydroxyl groups excluding tert-OH is 1. The van der Waals surface area contributed by atoms with E-state index in [1.165, 1.54) is 0 Å². The van der Waals surface area contributed by atoms with Gasteiger partial charge in [0.15, 0.2) is 17.2 Å². The summed E-state index contributed by atoms with van der Waals surface area (Å²) in [7, 11) is 4.78. The second kappa shape index (κ2) is 10.5. The SMILES string of the molecule is COc1ccc(CCNCC(O)COc2ncccc2OC)cc1OC. The van der Waals surface area contributed by atoms with Gasteiger partial charge in [-0.15, -0.1) is 0 Å². The van der Waals surface area contributed by atoms with Crippen molar-refractivity contribution in [1.82, 2.24) is 10.3 Å². The molecule has 7 nitrogen and oxygen atoms in total. The van der Waals surface area contributed by atoms with Crippen LogP contribution in [0.4, 0.5) is 0 Å². The van der Waals surface area contributed by atoms with Crippen LogP contribution < -0.4 is 24.3 Å². The zero-order valence-electron chi connectivity index (χ0n) is 15.4. The van der Waals surface area contributed by atoms with E-state index in [2.05, 4.69) is 10.3 Å². The molecule has 26 heavy (non-hydrogen) atoms. The molecule has 2 N–H and O–H groups in total. The molecule has 0 aliphatic carbocycles. The Hall–Kier alpha value is -2.51. The van der Waals surface area contributed by atoms with Crippen LogP contribution >= 0.6 is 0 Å². The summed E-state index contributed by atoms with van der Waals surface area (Å²) < 4.78 is 21.2. The molecule has 142 valence electrons. The van der Waals surface area contributed by atoms with Crippen molar-refractivity contribution in [1.29, 1.82) is 0 Å². The number of aliphatic hydroxyl groups is 1. The van der Waals surface area contributed by atoms with Crippen molar-refractivity contribution in [2.45, 2.75) is 12.5 Å². The largest absolute Gasteiger partial charge is 0.493 e. The molecule has 1 heterocycles. The standard InChI is InChI=1S/C19H26N2O5/c1-23-16-7-6-14(11-18(16)25-3)8-10-20-12-15(22)13-26-19-17(24-2)5-4-9-21-19/h4-7,9,11,15,20,22H,8,10,12-13H2,1-3H3. The highest BCUT2D eigenvalue weighted by molar-refractivity contribution is 5.42. The van der Waals surface area contributed by atoms with E-state index >= 15 is 0 Å². The fourth-order valence-corrected chi connectivity index (χ4v) is 2.41. The first-order valence-corrected chi connectivity index (χ1v) is 8.39. The summed E-state index contributed by atoms with van der Waals surface area (Å²) in [4.78, 5) is 4.09. The van der Waals surface area contributed by atoms with Crippen LogP contribution in [0.25, 0.3) is 0 Å². The summed E-state index contributed by atoms with van der Waals surface area (Å²) in [6.07, 6.45) is 1.78. The number of aromatic nitrogens is 1. The first kappa shape index (κ1) is 19.8. The number of ether oxygens (including phenoxy) is 4. The number of hydrogen-bond donors (Lipinski definition) is 2. The fourth-order valence-electron chi connectivity index (χ4n) is 2.41. The third-order valence-corrected chi connectivity index (χ3v) is 3.79. The predicted octanol–water partition coefficient (Wildman–Crippen LogP) is 1.68. The van der Waals surface area contributed by atoms with Gasteiger partial charge in [0.05, 0.1) is 21.3 Å². The summed E-state index contributed by atoms with van der Waals surface area (Å²) in [6.45, 7) is 1.28. The molecule has 0 spiro atoms. The molecule has 0 aliphatic rings. The normalized spacial score (nSPS) is 11.7. The third kappa shape index (κ3) is 5.79. The van der Waals surface area contributed by atoms with Gasteiger partial charge < -0.3 is 29.4 Å². The van der Waals surface area contributed by atoms with Crippen molar-refractivity contribution < 1.29 is 24.1 Å². The van der Waals surface area contributed by atoms with E-state index in [1.807, 2.05) is 18.2 Å². The monoisotopic (exact) mass is 362 g/mol. The molecular formula is C19H26N2O5. The lowest BCUT2D eigenvalue weighted by Gasteiger charge is -2.14. The van der Waals surface area contributed by atoms with E-state index in [0.29, 0.717) is 29.7 Å². The lowest BCUT2D eigenvalue weighted by atomic mass is 10.1. The minimum atomic E-state index is -0.646. The summed E-state index contributed by atoms with van der Waals surface area (Å²) in [5, 5.41) is 13.2. The van der Waals surface area contributed by atoms with Gasteiger partial charge in [0.25, 0.3) is 5.88 Å². The number of hydrogen-bond acceptors (Lipinski definition) is 7. The summed E-state index contributed by atoms with van der Waals surface area (Å²) >= 11 is 0. The molecule has 0 saturated carbocycles. The van der Waals surface area contributed by atoms with Crippen molar-refractivity contribution in [3.63, 3.8) is 0 Å².